The Bertz CT molecular complexity index is 131. The summed E-state index contributed by atoms with van der Waals surface area (Å²) in [6, 6.07) is 0.512. The number of nitrogens with two attached hydrogens (primary N) is 1. The lowest BCUT2D eigenvalue weighted by molar-refractivity contribution is 0.295. The minimum atomic E-state index is 0.512. The lowest BCUT2D eigenvalue weighted by Gasteiger charge is -2.26. The molecule has 0 aliphatic heterocycles. The third-order valence-electron chi connectivity index (χ3n) is 3.22. The monoisotopic (exact) mass is 183 g/mol. The molecule has 0 heterocycles. The summed E-state index contributed by atoms with van der Waals surface area (Å²) < 4.78 is 0. The molecule has 0 saturated heterocycles. The van der Waals surface area contributed by atoms with E-state index in [1.807, 2.05) is 0 Å². The van der Waals surface area contributed by atoms with Gasteiger partial charge in [0.05, 0.1) is 0 Å². The molecule has 0 bridgehead atoms. The van der Waals surface area contributed by atoms with Crippen LogP contribution >= 0.6 is 0 Å². The first-order valence-electron chi connectivity index (χ1n) is 5.94. The molecule has 0 amide bonds. The quantitative estimate of drug-likeness (QED) is 0.711. The van der Waals surface area contributed by atoms with Crippen LogP contribution in [0.25, 0.3) is 0 Å². The molecular weight excluding hydrogens is 158 g/mol. The van der Waals surface area contributed by atoms with E-state index in [0.717, 1.165) is 11.8 Å². The van der Waals surface area contributed by atoms with Gasteiger partial charge in [0.1, 0.15) is 0 Å². The van der Waals surface area contributed by atoms with Crippen LogP contribution in [0.15, 0.2) is 0 Å². The van der Waals surface area contributed by atoms with Gasteiger partial charge in [0.25, 0.3) is 0 Å². The molecule has 78 valence electrons. The summed E-state index contributed by atoms with van der Waals surface area (Å²) in [4.78, 5) is 0. The van der Waals surface area contributed by atoms with Crippen LogP contribution < -0.4 is 5.73 Å². The zero-order valence-electron chi connectivity index (χ0n) is 9.26. The molecule has 0 aromatic heterocycles. The van der Waals surface area contributed by atoms with Crippen LogP contribution in [0.5, 0.6) is 0 Å². The van der Waals surface area contributed by atoms with Gasteiger partial charge in [-0.05, 0) is 24.7 Å². The van der Waals surface area contributed by atoms with Gasteiger partial charge in [-0.3, -0.25) is 0 Å². The fraction of sp³-hybridized carbons (Fsp3) is 1.00. The summed E-state index contributed by atoms with van der Waals surface area (Å²) in [5.41, 5.74) is 5.96. The molecule has 1 rings (SSSR count). The van der Waals surface area contributed by atoms with Crippen molar-refractivity contribution in [1.29, 1.82) is 0 Å². The van der Waals surface area contributed by atoms with Crippen molar-refractivity contribution in [3.8, 4) is 0 Å². The largest absolute Gasteiger partial charge is 0.328 e. The Hall–Kier alpha value is -0.0400. The van der Waals surface area contributed by atoms with Gasteiger partial charge in [0.2, 0.25) is 0 Å². The Kier molecular flexibility index (Phi) is 4.79. The highest BCUT2D eigenvalue weighted by Gasteiger charge is 2.18. The maximum Gasteiger partial charge on any atom is 0.00414 e. The second kappa shape index (κ2) is 5.64. The fourth-order valence-electron chi connectivity index (χ4n) is 2.41. The van der Waals surface area contributed by atoms with E-state index < -0.39 is 0 Å². The van der Waals surface area contributed by atoms with Gasteiger partial charge in [-0.2, -0.15) is 0 Å². The molecule has 0 radical (unpaired) electrons. The molecular formula is C12H25N. The van der Waals surface area contributed by atoms with Crippen molar-refractivity contribution < 1.29 is 0 Å². The summed E-state index contributed by atoms with van der Waals surface area (Å²) in [7, 11) is 0. The highest BCUT2D eigenvalue weighted by atomic mass is 14.6. The van der Waals surface area contributed by atoms with E-state index in [-0.39, 0.29) is 0 Å². The maximum absolute atomic E-state index is 5.96. The van der Waals surface area contributed by atoms with Gasteiger partial charge in [-0.25, -0.2) is 0 Å². The average Bonchev–Trinajstić information content (AvgIpc) is 2.03. The lowest BCUT2D eigenvalue weighted by Crippen LogP contribution is -2.27. The van der Waals surface area contributed by atoms with Crippen molar-refractivity contribution in [2.75, 3.05) is 0 Å². The van der Waals surface area contributed by atoms with Crippen LogP contribution in [-0.4, -0.2) is 6.04 Å². The molecule has 1 nitrogen and oxygen atoms in total. The molecule has 1 heteroatoms. The Morgan fingerprint density at radius 2 is 2.08 bits per heavy atom. The topological polar surface area (TPSA) is 26.0 Å². The predicted molar refractivity (Wildman–Crippen MR) is 58.6 cm³/mol. The predicted octanol–water partition coefficient (Wildman–Crippen LogP) is 3.33. The van der Waals surface area contributed by atoms with Gasteiger partial charge in [-0.15, -0.1) is 0 Å². The van der Waals surface area contributed by atoms with Crippen LogP contribution in [0.3, 0.4) is 0 Å². The maximum atomic E-state index is 5.96. The van der Waals surface area contributed by atoms with E-state index in [4.69, 9.17) is 5.73 Å². The standard InChI is InChI=1S/C12H25N/c1-10(2)5-3-6-11-7-4-8-12(13)9-11/h10-12H,3-9,13H2,1-2H3. The van der Waals surface area contributed by atoms with Crippen LogP contribution in [-0.2, 0) is 0 Å². The van der Waals surface area contributed by atoms with Gasteiger partial charge in [0.15, 0.2) is 0 Å². The number of hydrogen-bond acceptors (Lipinski definition) is 1. The molecule has 0 spiro atoms. The first-order chi connectivity index (χ1) is 6.18. The molecule has 1 aliphatic rings. The van der Waals surface area contributed by atoms with Crippen LogP contribution in [0.1, 0.15) is 58.8 Å². The summed E-state index contributed by atoms with van der Waals surface area (Å²) in [5.74, 6) is 1.82. The molecule has 2 N–H and O–H groups in total. The minimum absolute atomic E-state index is 0.512. The molecule has 2 unspecified atom stereocenters. The molecule has 2 atom stereocenters. The summed E-state index contributed by atoms with van der Waals surface area (Å²) in [6.45, 7) is 4.62. The van der Waals surface area contributed by atoms with Gasteiger partial charge in [0, 0.05) is 6.04 Å². The molecule has 0 aromatic rings. The normalized spacial score (nSPS) is 29.5. The van der Waals surface area contributed by atoms with Crippen molar-refractivity contribution in [3.63, 3.8) is 0 Å². The van der Waals surface area contributed by atoms with Crippen molar-refractivity contribution >= 4 is 0 Å². The summed E-state index contributed by atoms with van der Waals surface area (Å²) in [6.07, 6.45) is 9.59. The molecule has 1 aliphatic carbocycles. The highest BCUT2D eigenvalue weighted by molar-refractivity contribution is 4.74. The van der Waals surface area contributed by atoms with Crippen LogP contribution in [0.2, 0.25) is 0 Å². The van der Waals surface area contributed by atoms with E-state index >= 15 is 0 Å². The molecule has 13 heavy (non-hydrogen) atoms. The van der Waals surface area contributed by atoms with Crippen molar-refractivity contribution in [2.45, 2.75) is 64.8 Å². The Labute approximate surface area is 83.1 Å². The first-order valence-corrected chi connectivity index (χ1v) is 5.94. The number of hydrogen-bond donors (Lipinski definition) is 1. The SMILES string of the molecule is CC(C)CCCC1CCCC(N)C1. The second-order valence-corrected chi connectivity index (χ2v) is 5.12. The van der Waals surface area contributed by atoms with Crippen molar-refractivity contribution in [2.24, 2.45) is 17.6 Å². The minimum Gasteiger partial charge on any atom is -0.328 e. The van der Waals surface area contributed by atoms with Gasteiger partial charge in [-0.1, -0.05) is 46.0 Å². The second-order valence-electron chi connectivity index (χ2n) is 5.12. The van der Waals surface area contributed by atoms with Gasteiger partial charge < -0.3 is 5.73 Å². The smallest absolute Gasteiger partial charge is 0.00414 e. The lowest BCUT2D eigenvalue weighted by atomic mass is 9.83. The van der Waals surface area contributed by atoms with Gasteiger partial charge >= 0.3 is 0 Å². The average molecular weight is 183 g/mol. The Balaban J connectivity index is 2.06. The van der Waals surface area contributed by atoms with Crippen LogP contribution in [0, 0.1) is 11.8 Å². The van der Waals surface area contributed by atoms with Crippen molar-refractivity contribution in [1.82, 2.24) is 0 Å². The molecule has 1 saturated carbocycles. The van der Waals surface area contributed by atoms with E-state index in [9.17, 15) is 0 Å². The van der Waals surface area contributed by atoms with E-state index in [1.165, 1.54) is 44.9 Å². The molecule has 0 aromatic carbocycles. The van der Waals surface area contributed by atoms with E-state index in [1.54, 1.807) is 0 Å². The Morgan fingerprint density at radius 3 is 2.69 bits per heavy atom. The number of rotatable bonds is 4. The zero-order chi connectivity index (χ0) is 9.68. The van der Waals surface area contributed by atoms with E-state index in [2.05, 4.69) is 13.8 Å². The third kappa shape index (κ3) is 4.66. The van der Waals surface area contributed by atoms with Crippen molar-refractivity contribution in [3.05, 3.63) is 0 Å². The summed E-state index contributed by atoms with van der Waals surface area (Å²) in [5, 5.41) is 0. The summed E-state index contributed by atoms with van der Waals surface area (Å²) >= 11 is 0. The highest BCUT2D eigenvalue weighted by Crippen LogP contribution is 2.27. The zero-order valence-corrected chi connectivity index (χ0v) is 9.26. The first kappa shape index (κ1) is 11.0. The Morgan fingerprint density at radius 1 is 1.31 bits per heavy atom. The molecule has 1 fully saturated rings. The van der Waals surface area contributed by atoms with E-state index in [0.29, 0.717) is 6.04 Å². The fourth-order valence-corrected chi connectivity index (χ4v) is 2.41. The third-order valence-corrected chi connectivity index (χ3v) is 3.22. The van der Waals surface area contributed by atoms with Crippen LogP contribution in [0.4, 0.5) is 0 Å².